The van der Waals surface area contributed by atoms with Crippen LogP contribution in [-0.4, -0.2) is 5.97 Å². The van der Waals surface area contributed by atoms with E-state index in [4.69, 9.17) is 0 Å². The van der Waals surface area contributed by atoms with Gasteiger partial charge >= 0.3 is 29.6 Å². The SMILES string of the molecule is CC(C(=O)[O-])(c1ccccc1)c1ccccc1.[Na+]. The minimum Gasteiger partial charge on any atom is -0.549 e. The van der Waals surface area contributed by atoms with E-state index in [9.17, 15) is 9.90 Å². The molecule has 86 valence electrons. The first kappa shape index (κ1) is 15.0. The monoisotopic (exact) mass is 248 g/mol. The van der Waals surface area contributed by atoms with E-state index in [1.807, 2.05) is 60.7 Å². The number of carbonyl (C=O) groups is 1. The normalized spacial score (nSPS) is 10.5. The summed E-state index contributed by atoms with van der Waals surface area (Å²) in [6.45, 7) is 1.67. The Morgan fingerprint density at radius 2 is 1.22 bits per heavy atom. The number of aliphatic carboxylic acids is 1. The number of hydrogen-bond acceptors (Lipinski definition) is 2. The third-order valence-electron chi connectivity index (χ3n) is 3.11. The Morgan fingerprint density at radius 3 is 1.50 bits per heavy atom. The van der Waals surface area contributed by atoms with E-state index in [-0.39, 0.29) is 29.6 Å². The van der Waals surface area contributed by atoms with Crippen molar-refractivity contribution in [2.24, 2.45) is 0 Å². The molecule has 0 radical (unpaired) electrons. The van der Waals surface area contributed by atoms with Gasteiger partial charge in [-0.2, -0.15) is 0 Å². The summed E-state index contributed by atoms with van der Waals surface area (Å²) in [4.78, 5) is 11.5. The second-order valence-corrected chi connectivity index (χ2v) is 4.14. The predicted octanol–water partition coefficient (Wildman–Crippen LogP) is -1.25. The van der Waals surface area contributed by atoms with Crippen LogP contribution in [0.3, 0.4) is 0 Å². The van der Waals surface area contributed by atoms with Crippen LogP contribution in [0.2, 0.25) is 0 Å². The molecule has 2 nitrogen and oxygen atoms in total. The van der Waals surface area contributed by atoms with Crippen molar-refractivity contribution in [1.29, 1.82) is 0 Å². The van der Waals surface area contributed by atoms with Crippen molar-refractivity contribution < 1.29 is 39.5 Å². The quantitative estimate of drug-likeness (QED) is 0.637. The molecule has 0 aliphatic heterocycles. The first-order chi connectivity index (χ1) is 8.15. The van der Waals surface area contributed by atoms with E-state index in [0.717, 1.165) is 11.1 Å². The van der Waals surface area contributed by atoms with E-state index in [1.165, 1.54) is 0 Å². The molecule has 2 rings (SSSR count). The van der Waals surface area contributed by atoms with Gasteiger partial charge in [0.2, 0.25) is 0 Å². The molecule has 0 spiro atoms. The average molecular weight is 248 g/mol. The van der Waals surface area contributed by atoms with Crippen LogP contribution >= 0.6 is 0 Å². The van der Waals surface area contributed by atoms with Crippen LogP contribution in [-0.2, 0) is 10.2 Å². The maximum atomic E-state index is 11.5. The van der Waals surface area contributed by atoms with Gasteiger partial charge in [0.1, 0.15) is 0 Å². The van der Waals surface area contributed by atoms with Crippen LogP contribution in [0.1, 0.15) is 18.1 Å². The van der Waals surface area contributed by atoms with Gasteiger partial charge in [-0.15, -0.1) is 0 Å². The Hall–Kier alpha value is -1.09. The van der Waals surface area contributed by atoms with Gasteiger partial charge in [-0.3, -0.25) is 0 Å². The third-order valence-corrected chi connectivity index (χ3v) is 3.11. The molecule has 0 aromatic heterocycles. The van der Waals surface area contributed by atoms with Crippen molar-refractivity contribution in [3.8, 4) is 0 Å². The molecule has 2 aromatic rings. The second-order valence-electron chi connectivity index (χ2n) is 4.14. The molecule has 0 unspecified atom stereocenters. The van der Waals surface area contributed by atoms with E-state index < -0.39 is 11.4 Å². The van der Waals surface area contributed by atoms with Crippen molar-refractivity contribution in [3.05, 3.63) is 71.8 Å². The summed E-state index contributed by atoms with van der Waals surface area (Å²) in [5, 5.41) is 11.5. The number of carbonyl (C=O) groups excluding carboxylic acids is 1. The largest absolute Gasteiger partial charge is 1.00 e. The molecule has 0 saturated heterocycles. The Bertz CT molecular complexity index is 469. The minimum atomic E-state index is -1.11. The number of benzene rings is 2. The van der Waals surface area contributed by atoms with Gasteiger partial charge in [0, 0.05) is 0 Å². The number of hydrogen-bond donors (Lipinski definition) is 0. The van der Waals surface area contributed by atoms with Gasteiger partial charge in [0.05, 0.1) is 11.4 Å². The molecule has 0 aliphatic carbocycles. The summed E-state index contributed by atoms with van der Waals surface area (Å²) < 4.78 is 0. The molecular formula is C15H13NaO2. The fourth-order valence-electron chi connectivity index (χ4n) is 1.95. The fraction of sp³-hybridized carbons (Fsp3) is 0.133. The summed E-state index contributed by atoms with van der Waals surface area (Å²) in [6.07, 6.45) is 0. The Morgan fingerprint density at radius 1 is 0.889 bits per heavy atom. The van der Waals surface area contributed by atoms with Crippen molar-refractivity contribution in [2.45, 2.75) is 12.3 Å². The summed E-state index contributed by atoms with van der Waals surface area (Å²) in [6, 6.07) is 18.3. The third kappa shape index (κ3) is 2.66. The smallest absolute Gasteiger partial charge is 0.549 e. The number of carboxylic acid groups (broad SMARTS) is 1. The van der Waals surface area contributed by atoms with Gasteiger partial charge in [-0.1, -0.05) is 60.7 Å². The van der Waals surface area contributed by atoms with E-state index in [1.54, 1.807) is 6.92 Å². The maximum Gasteiger partial charge on any atom is 1.00 e. The molecule has 0 atom stereocenters. The molecule has 0 bridgehead atoms. The molecule has 18 heavy (non-hydrogen) atoms. The average Bonchev–Trinajstić information content (AvgIpc) is 2.39. The van der Waals surface area contributed by atoms with Gasteiger partial charge < -0.3 is 9.90 Å². The molecule has 2 aromatic carbocycles. The van der Waals surface area contributed by atoms with Gasteiger partial charge in [0.15, 0.2) is 0 Å². The van der Waals surface area contributed by atoms with Gasteiger partial charge in [-0.05, 0) is 18.1 Å². The molecule has 3 heteroatoms. The van der Waals surface area contributed by atoms with Crippen LogP contribution in [0, 0.1) is 0 Å². The van der Waals surface area contributed by atoms with E-state index in [2.05, 4.69) is 0 Å². The molecule has 0 saturated carbocycles. The fourth-order valence-corrected chi connectivity index (χ4v) is 1.95. The summed E-state index contributed by atoms with van der Waals surface area (Å²) >= 11 is 0. The number of carboxylic acids is 1. The topological polar surface area (TPSA) is 40.1 Å². The maximum absolute atomic E-state index is 11.5. The van der Waals surface area contributed by atoms with Crippen LogP contribution in [0.15, 0.2) is 60.7 Å². The second kappa shape index (κ2) is 6.19. The van der Waals surface area contributed by atoms with Crippen LogP contribution in [0.5, 0.6) is 0 Å². The summed E-state index contributed by atoms with van der Waals surface area (Å²) in [5.74, 6) is -1.09. The van der Waals surface area contributed by atoms with Crippen molar-refractivity contribution in [1.82, 2.24) is 0 Å². The van der Waals surface area contributed by atoms with E-state index >= 15 is 0 Å². The van der Waals surface area contributed by atoms with Crippen LogP contribution in [0.25, 0.3) is 0 Å². The van der Waals surface area contributed by atoms with Crippen molar-refractivity contribution in [3.63, 3.8) is 0 Å². The van der Waals surface area contributed by atoms with E-state index in [0.29, 0.717) is 0 Å². The van der Waals surface area contributed by atoms with Crippen LogP contribution in [0.4, 0.5) is 0 Å². The van der Waals surface area contributed by atoms with Gasteiger partial charge in [-0.25, -0.2) is 0 Å². The minimum absolute atomic E-state index is 0. The molecule has 0 fully saturated rings. The molecular weight excluding hydrogens is 235 g/mol. The Kier molecular flexibility index (Phi) is 5.15. The zero-order valence-electron chi connectivity index (χ0n) is 10.6. The first-order valence-electron chi connectivity index (χ1n) is 5.48. The summed E-state index contributed by atoms with van der Waals surface area (Å²) in [5.41, 5.74) is 0.347. The Balaban J connectivity index is 0.00000162. The zero-order chi connectivity index (χ0) is 12.3. The zero-order valence-corrected chi connectivity index (χ0v) is 12.6. The molecule has 0 aliphatic rings. The Labute approximate surface area is 129 Å². The van der Waals surface area contributed by atoms with Gasteiger partial charge in [0.25, 0.3) is 0 Å². The molecule has 0 heterocycles. The summed E-state index contributed by atoms with van der Waals surface area (Å²) in [7, 11) is 0. The number of rotatable bonds is 3. The van der Waals surface area contributed by atoms with Crippen LogP contribution < -0.4 is 34.7 Å². The first-order valence-corrected chi connectivity index (χ1v) is 5.48. The molecule has 0 N–H and O–H groups in total. The van der Waals surface area contributed by atoms with Crippen molar-refractivity contribution >= 4 is 5.97 Å². The van der Waals surface area contributed by atoms with Crippen molar-refractivity contribution in [2.75, 3.05) is 0 Å². The standard InChI is InChI=1S/C15H14O2.Na/c1-15(14(16)17,12-8-4-2-5-9-12)13-10-6-3-7-11-13;/h2-11H,1H3,(H,16,17);/q;+1/p-1. The predicted molar refractivity (Wildman–Crippen MR) is 64.3 cm³/mol. The molecule has 0 amide bonds.